The third-order valence-corrected chi connectivity index (χ3v) is 2.51. The van der Waals surface area contributed by atoms with Crippen LogP contribution in [0.15, 0.2) is 43.0 Å². The van der Waals surface area contributed by atoms with Gasteiger partial charge in [0.15, 0.2) is 0 Å². The molecular weight excluding hydrogens is 248 g/mol. The monoisotopic (exact) mass is 276 g/mol. The lowest BCUT2D eigenvalue weighted by atomic mass is 10.2. The smallest absolute Gasteiger partial charge is 0.119 e. The minimum atomic E-state index is 0.668. The topological polar surface area (TPSA) is 27.1 Å². The average Bonchev–Trinajstić information content (AvgIpc) is 3.05. The van der Waals surface area contributed by atoms with Gasteiger partial charge in [0.25, 0.3) is 0 Å². The Kier molecular flexibility index (Phi) is 11.2. The van der Waals surface area contributed by atoms with Crippen molar-refractivity contribution in [3.05, 3.63) is 48.5 Å². The van der Waals surface area contributed by atoms with Crippen LogP contribution in [-0.2, 0) is 13.0 Å². The van der Waals surface area contributed by atoms with Crippen molar-refractivity contribution < 1.29 is 4.74 Å². The number of benzene rings is 1. The summed E-state index contributed by atoms with van der Waals surface area (Å²) in [6, 6.07) is 8.25. The second kappa shape index (κ2) is 12.3. The lowest BCUT2D eigenvalue weighted by molar-refractivity contribution is 0.298. The Morgan fingerprint density at radius 3 is 2.20 bits per heavy atom. The van der Waals surface area contributed by atoms with Crippen LogP contribution in [0.3, 0.4) is 0 Å². The molecule has 0 radical (unpaired) electrons. The molecule has 1 heterocycles. The zero-order chi connectivity index (χ0) is 15.2. The van der Waals surface area contributed by atoms with E-state index in [0.29, 0.717) is 6.61 Å². The number of aromatic nitrogens is 2. The minimum absolute atomic E-state index is 0.668. The first kappa shape index (κ1) is 18.2. The van der Waals surface area contributed by atoms with Gasteiger partial charge in [-0.25, -0.2) is 4.98 Å². The lowest BCUT2D eigenvalue weighted by Gasteiger charge is -2.07. The van der Waals surface area contributed by atoms with Crippen molar-refractivity contribution in [1.29, 1.82) is 0 Å². The van der Waals surface area contributed by atoms with Gasteiger partial charge in [-0.15, -0.1) is 0 Å². The van der Waals surface area contributed by atoms with Crippen molar-refractivity contribution in [2.24, 2.45) is 0 Å². The first-order valence-electron chi connectivity index (χ1n) is 7.56. The second-order valence-electron chi connectivity index (χ2n) is 3.65. The van der Waals surface area contributed by atoms with E-state index < -0.39 is 0 Å². The summed E-state index contributed by atoms with van der Waals surface area (Å²) in [5.41, 5.74) is 1.34. The molecule has 2 rings (SSSR count). The van der Waals surface area contributed by atoms with E-state index in [0.717, 1.165) is 18.7 Å². The Hall–Kier alpha value is -1.77. The van der Waals surface area contributed by atoms with E-state index >= 15 is 0 Å². The molecule has 112 valence electrons. The fraction of sp³-hybridized carbons (Fsp3) is 0.471. The maximum Gasteiger partial charge on any atom is 0.119 e. The van der Waals surface area contributed by atoms with E-state index in [-0.39, 0.29) is 0 Å². The molecule has 0 spiro atoms. The largest absolute Gasteiger partial charge is 0.492 e. The van der Waals surface area contributed by atoms with Crippen molar-refractivity contribution in [3.8, 4) is 5.75 Å². The molecule has 0 bridgehead atoms. The summed E-state index contributed by atoms with van der Waals surface area (Å²) in [6.07, 6.45) is 6.57. The number of ether oxygens (including phenoxy) is 1. The number of imidazole rings is 1. The van der Waals surface area contributed by atoms with Crippen molar-refractivity contribution in [2.45, 2.75) is 47.6 Å². The summed E-state index contributed by atoms with van der Waals surface area (Å²) >= 11 is 0. The van der Waals surface area contributed by atoms with Gasteiger partial charge in [-0.05, 0) is 24.1 Å². The average molecular weight is 276 g/mol. The SMILES string of the molecule is CC.CC.CCc1ccc(OCCn2ccnc2)cc1. The van der Waals surface area contributed by atoms with Gasteiger partial charge in [-0.3, -0.25) is 0 Å². The zero-order valence-corrected chi connectivity index (χ0v) is 13.5. The van der Waals surface area contributed by atoms with Gasteiger partial charge >= 0.3 is 0 Å². The van der Waals surface area contributed by atoms with Crippen LogP contribution in [0, 0.1) is 0 Å². The molecule has 0 aliphatic heterocycles. The highest BCUT2D eigenvalue weighted by Crippen LogP contribution is 2.12. The maximum atomic E-state index is 5.63. The Bertz CT molecular complexity index is 407. The Morgan fingerprint density at radius 1 is 1.05 bits per heavy atom. The molecule has 1 aromatic heterocycles. The molecule has 0 atom stereocenters. The molecule has 20 heavy (non-hydrogen) atoms. The predicted octanol–water partition coefficient (Wildman–Crippen LogP) is 4.58. The van der Waals surface area contributed by atoms with Crippen LogP contribution in [0.1, 0.15) is 40.2 Å². The summed E-state index contributed by atoms with van der Waals surface area (Å²) in [5.74, 6) is 0.928. The molecule has 2 aromatic rings. The Morgan fingerprint density at radius 2 is 1.70 bits per heavy atom. The molecule has 0 aliphatic rings. The Balaban J connectivity index is 0.000000829. The number of nitrogens with zero attached hydrogens (tertiary/aromatic N) is 2. The van der Waals surface area contributed by atoms with Gasteiger partial charge in [0.2, 0.25) is 0 Å². The van der Waals surface area contributed by atoms with Gasteiger partial charge in [0.1, 0.15) is 12.4 Å². The molecule has 0 fully saturated rings. The highest BCUT2D eigenvalue weighted by atomic mass is 16.5. The highest BCUT2D eigenvalue weighted by Gasteiger charge is 1.94. The van der Waals surface area contributed by atoms with Gasteiger partial charge in [-0.1, -0.05) is 46.8 Å². The van der Waals surface area contributed by atoms with Crippen LogP contribution < -0.4 is 4.74 Å². The highest BCUT2D eigenvalue weighted by molar-refractivity contribution is 5.27. The van der Waals surface area contributed by atoms with Gasteiger partial charge in [0.05, 0.1) is 12.9 Å². The predicted molar refractivity (Wildman–Crippen MR) is 86.2 cm³/mol. The fourth-order valence-electron chi connectivity index (χ4n) is 1.51. The third kappa shape index (κ3) is 6.98. The van der Waals surface area contributed by atoms with E-state index in [1.165, 1.54) is 5.56 Å². The van der Waals surface area contributed by atoms with Gasteiger partial charge < -0.3 is 9.30 Å². The van der Waals surface area contributed by atoms with E-state index in [1.807, 2.05) is 50.6 Å². The fourth-order valence-corrected chi connectivity index (χ4v) is 1.51. The van der Waals surface area contributed by atoms with Crippen LogP contribution in [0.25, 0.3) is 0 Å². The van der Waals surface area contributed by atoms with Crippen molar-refractivity contribution in [1.82, 2.24) is 9.55 Å². The van der Waals surface area contributed by atoms with E-state index in [4.69, 9.17) is 4.74 Å². The number of hydrogen-bond donors (Lipinski definition) is 0. The summed E-state index contributed by atoms with van der Waals surface area (Å²) < 4.78 is 7.63. The van der Waals surface area contributed by atoms with Crippen molar-refractivity contribution in [3.63, 3.8) is 0 Å². The molecule has 0 saturated carbocycles. The molecule has 0 unspecified atom stereocenters. The molecule has 3 heteroatoms. The first-order valence-corrected chi connectivity index (χ1v) is 7.56. The van der Waals surface area contributed by atoms with Crippen LogP contribution >= 0.6 is 0 Å². The van der Waals surface area contributed by atoms with E-state index in [2.05, 4.69) is 24.0 Å². The summed E-state index contributed by atoms with van der Waals surface area (Å²) in [4.78, 5) is 3.98. The van der Waals surface area contributed by atoms with Crippen LogP contribution in [-0.4, -0.2) is 16.2 Å². The standard InChI is InChI=1S/C13H16N2O.2C2H6/c1-2-12-3-5-13(6-4-12)16-10-9-15-8-7-14-11-15;2*1-2/h3-8,11H,2,9-10H2,1H3;2*1-2H3. The maximum absolute atomic E-state index is 5.63. The Labute approximate surface area is 123 Å². The van der Waals surface area contributed by atoms with Crippen LogP contribution in [0.5, 0.6) is 5.75 Å². The third-order valence-electron chi connectivity index (χ3n) is 2.51. The van der Waals surface area contributed by atoms with Crippen LogP contribution in [0.4, 0.5) is 0 Å². The first-order chi connectivity index (χ1) is 9.88. The zero-order valence-electron chi connectivity index (χ0n) is 13.5. The molecule has 0 saturated heterocycles. The lowest BCUT2D eigenvalue weighted by Crippen LogP contribution is -2.06. The minimum Gasteiger partial charge on any atom is -0.492 e. The molecule has 3 nitrogen and oxygen atoms in total. The number of hydrogen-bond acceptors (Lipinski definition) is 2. The quantitative estimate of drug-likeness (QED) is 0.799. The molecule has 0 aliphatic carbocycles. The normalized spacial score (nSPS) is 8.85. The second-order valence-corrected chi connectivity index (χ2v) is 3.65. The molecule has 0 N–H and O–H groups in total. The van der Waals surface area contributed by atoms with Gasteiger partial charge in [0, 0.05) is 12.4 Å². The molecule has 0 amide bonds. The summed E-state index contributed by atoms with van der Waals surface area (Å²) in [5, 5.41) is 0. The van der Waals surface area contributed by atoms with E-state index in [1.54, 1.807) is 12.5 Å². The summed E-state index contributed by atoms with van der Waals surface area (Å²) in [7, 11) is 0. The van der Waals surface area contributed by atoms with Crippen LogP contribution in [0.2, 0.25) is 0 Å². The van der Waals surface area contributed by atoms with Gasteiger partial charge in [-0.2, -0.15) is 0 Å². The molecule has 1 aromatic carbocycles. The summed E-state index contributed by atoms with van der Waals surface area (Å²) in [6.45, 7) is 11.6. The number of rotatable bonds is 5. The number of aryl methyl sites for hydroxylation is 1. The molecular formula is C17H28N2O. The van der Waals surface area contributed by atoms with Crippen molar-refractivity contribution in [2.75, 3.05) is 6.61 Å². The van der Waals surface area contributed by atoms with E-state index in [9.17, 15) is 0 Å². The van der Waals surface area contributed by atoms with Crippen molar-refractivity contribution >= 4 is 0 Å².